The van der Waals surface area contributed by atoms with Crippen molar-refractivity contribution in [1.82, 2.24) is 13.7 Å². The summed E-state index contributed by atoms with van der Waals surface area (Å²) in [6.45, 7) is 0. The molecule has 0 radical (unpaired) electrons. The summed E-state index contributed by atoms with van der Waals surface area (Å²) < 4.78 is 9.82. The number of nitrogens with zero attached hydrogens (tertiary/aromatic N) is 3. The molecule has 1 saturated carbocycles. The molecule has 1 aliphatic carbocycles. The van der Waals surface area contributed by atoms with Crippen LogP contribution < -0.4 is 10.6 Å². The van der Waals surface area contributed by atoms with Gasteiger partial charge in [0, 0.05) is 38.8 Å². The molecular formula is C26H33N5O4S. The third-order valence-corrected chi connectivity index (χ3v) is 8.13. The van der Waals surface area contributed by atoms with Gasteiger partial charge in [0.2, 0.25) is 0 Å². The van der Waals surface area contributed by atoms with Crippen LogP contribution in [0.25, 0.3) is 0 Å². The lowest BCUT2D eigenvalue weighted by atomic mass is 9.85. The molecule has 0 unspecified atom stereocenters. The van der Waals surface area contributed by atoms with E-state index in [0.29, 0.717) is 34.5 Å². The van der Waals surface area contributed by atoms with E-state index in [1.165, 1.54) is 25.5 Å². The molecule has 36 heavy (non-hydrogen) atoms. The molecule has 1 fully saturated rings. The molecule has 0 bridgehead atoms. The van der Waals surface area contributed by atoms with Crippen molar-refractivity contribution in [2.75, 3.05) is 24.0 Å². The molecule has 4 rings (SSSR count). The highest BCUT2D eigenvalue weighted by Gasteiger charge is 2.24. The number of methoxy groups -OCH3 is 1. The van der Waals surface area contributed by atoms with Crippen molar-refractivity contribution < 1.29 is 19.1 Å². The minimum atomic E-state index is -0.488. The number of carbonyl (C=O) groups is 3. The van der Waals surface area contributed by atoms with Gasteiger partial charge in [-0.05, 0) is 67.7 Å². The second-order valence-electron chi connectivity index (χ2n) is 9.27. The Bertz CT molecular complexity index is 1280. The van der Waals surface area contributed by atoms with Crippen LogP contribution in [0.3, 0.4) is 0 Å². The standard InChI is InChI=1S/C26H33N5O4S/c1-29-14-17(16-6-8-19(36-5)9-7-16)12-21(29)24(32)27-18-13-22(30(2)15-18)25(33)28-23-11-10-20(31(23)3)26(34)35-4/h10-16,19H,6-9H2,1-5H3,(H,27,32)(H,28,33). The van der Waals surface area contributed by atoms with Crippen LogP contribution in [0.15, 0.2) is 36.7 Å². The Hall–Kier alpha value is -3.40. The maximum absolute atomic E-state index is 13.1. The van der Waals surface area contributed by atoms with Crippen molar-refractivity contribution in [1.29, 1.82) is 0 Å². The van der Waals surface area contributed by atoms with Crippen LogP contribution in [0.5, 0.6) is 0 Å². The Morgan fingerprint density at radius 1 is 0.889 bits per heavy atom. The van der Waals surface area contributed by atoms with Gasteiger partial charge in [-0.1, -0.05) is 0 Å². The van der Waals surface area contributed by atoms with Crippen molar-refractivity contribution in [2.45, 2.75) is 36.9 Å². The Morgan fingerprint density at radius 3 is 2.19 bits per heavy atom. The van der Waals surface area contributed by atoms with Gasteiger partial charge in [-0.25, -0.2) is 4.79 Å². The molecule has 0 atom stereocenters. The Balaban J connectivity index is 1.43. The molecule has 192 valence electrons. The fourth-order valence-electron chi connectivity index (χ4n) is 4.85. The van der Waals surface area contributed by atoms with Crippen molar-refractivity contribution in [3.05, 3.63) is 59.3 Å². The van der Waals surface area contributed by atoms with Crippen LogP contribution in [0.4, 0.5) is 11.5 Å². The van der Waals surface area contributed by atoms with E-state index in [-0.39, 0.29) is 11.8 Å². The van der Waals surface area contributed by atoms with E-state index in [2.05, 4.69) is 23.1 Å². The van der Waals surface area contributed by atoms with E-state index >= 15 is 0 Å². The largest absolute Gasteiger partial charge is 0.464 e. The van der Waals surface area contributed by atoms with E-state index in [0.717, 1.165) is 18.1 Å². The third kappa shape index (κ3) is 5.23. The number of ether oxygens (including phenoxy) is 1. The second kappa shape index (κ2) is 10.7. The van der Waals surface area contributed by atoms with Crippen LogP contribution >= 0.6 is 11.8 Å². The Labute approximate surface area is 215 Å². The number of anilines is 2. The van der Waals surface area contributed by atoms with E-state index in [4.69, 9.17) is 4.74 Å². The number of rotatable bonds is 7. The van der Waals surface area contributed by atoms with Crippen molar-refractivity contribution >= 4 is 41.1 Å². The first-order valence-electron chi connectivity index (χ1n) is 11.9. The van der Waals surface area contributed by atoms with Crippen LogP contribution in [0, 0.1) is 0 Å². The molecule has 0 aromatic carbocycles. The first-order valence-corrected chi connectivity index (χ1v) is 13.2. The third-order valence-electron chi connectivity index (χ3n) is 6.99. The fourth-order valence-corrected chi connectivity index (χ4v) is 5.59. The number of aryl methyl sites for hydroxylation is 2. The lowest BCUT2D eigenvalue weighted by molar-refractivity contribution is 0.0589. The van der Waals surface area contributed by atoms with Crippen molar-refractivity contribution in [2.24, 2.45) is 21.1 Å². The van der Waals surface area contributed by atoms with Gasteiger partial charge >= 0.3 is 5.97 Å². The molecule has 3 aromatic heterocycles. The summed E-state index contributed by atoms with van der Waals surface area (Å²) in [5.74, 6) is -0.124. The van der Waals surface area contributed by atoms with Gasteiger partial charge in [0.15, 0.2) is 0 Å². The van der Waals surface area contributed by atoms with Crippen LogP contribution in [0.2, 0.25) is 0 Å². The zero-order chi connectivity index (χ0) is 26.0. The Kier molecular flexibility index (Phi) is 7.63. The fraction of sp³-hybridized carbons (Fsp3) is 0.423. The number of hydrogen-bond acceptors (Lipinski definition) is 5. The number of carbonyl (C=O) groups excluding carboxylic acids is 3. The van der Waals surface area contributed by atoms with Gasteiger partial charge in [-0.3, -0.25) is 9.59 Å². The summed E-state index contributed by atoms with van der Waals surface area (Å²) in [4.78, 5) is 37.8. The summed E-state index contributed by atoms with van der Waals surface area (Å²) in [5.41, 5.74) is 3.02. The average molecular weight is 512 g/mol. The average Bonchev–Trinajstić information content (AvgIpc) is 3.55. The molecule has 0 aliphatic heterocycles. The van der Waals surface area contributed by atoms with Crippen molar-refractivity contribution in [3.8, 4) is 0 Å². The van der Waals surface area contributed by atoms with Gasteiger partial charge in [0.25, 0.3) is 11.8 Å². The van der Waals surface area contributed by atoms with Gasteiger partial charge in [0.1, 0.15) is 22.9 Å². The van der Waals surface area contributed by atoms with Gasteiger partial charge < -0.3 is 29.1 Å². The summed E-state index contributed by atoms with van der Waals surface area (Å²) in [7, 11) is 6.60. The SMILES string of the molecule is COC(=O)c1ccc(NC(=O)c2cc(NC(=O)c3cc(C4CCC(SC)CC4)cn3C)cn2C)n1C. The topological polar surface area (TPSA) is 99.3 Å². The lowest BCUT2D eigenvalue weighted by Crippen LogP contribution is -2.18. The first-order chi connectivity index (χ1) is 17.2. The number of aromatic nitrogens is 3. The zero-order valence-electron chi connectivity index (χ0n) is 21.3. The number of esters is 1. The molecule has 2 N–H and O–H groups in total. The predicted molar refractivity (Wildman–Crippen MR) is 142 cm³/mol. The summed E-state index contributed by atoms with van der Waals surface area (Å²) in [6, 6.07) is 6.84. The van der Waals surface area contributed by atoms with E-state index in [1.54, 1.807) is 47.6 Å². The van der Waals surface area contributed by atoms with E-state index in [9.17, 15) is 14.4 Å². The predicted octanol–water partition coefficient (Wildman–Crippen LogP) is 4.38. The molecule has 1 aliphatic rings. The molecule has 0 spiro atoms. The number of hydrogen-bond donors (Lipinski definition) is 2. The zero-order valence-corrected chi connectivity index (χ0v) is 22.1. The maximum Gasteiger partial charge on any atom is 0.354 e. The van der Waals surface area contributed by atoms with Crippen LogP contribution in [-0.4, -0.2) is 50.1 Å². The summed E-state index contributed by atoms with van der Waals surface area (Å²) in [6.07, 6.45) is 10.7. The number of nitrogens with one attached hydrogen (secondary N) is 2. The molecule has 10 heteroatoms. The minimum Gasteiger partial charge on any atom is -0.464 e. The van der Waals surface area contributed by atoms with Crippen molar-refractivity contribution in [3.63, 3.8) is 0 Å². The Morgan fingerprint density at radius 2 is 1.53 bits per heavy atom. The highest BCUT2D eigenvalue weighted by Crippen LogP contribution is 2.37. The molecular weight excluding hydrogens is 478 g/mol. The highest BCUT2D eigenvalue weighted by atomic mass is 32.2. The normalized spacial score (nSPS) is 17.6. The van der Waals surface area contributed by atoms with Crippen LogP contribution in [0.1, 0.15) is 68.6 Å². The number of amides is 2. The van der Waals surface area contributed by atoms with Crippen LogP contribution in [-0.2, 0) is 25.9 Å². The number of thioether (sulfide) groups is 1. The molecule has 3 aromatic rings. The van der Waals surface area contributed by atoms with Gasteiger partial charge in [-0.15, -0.1) is 0 Å². The maximum atomic E-state index is 13.1. The smallest absolute Gasteiger partial charge is 0.354 e. The lowest BCUT2D eigenvalue weighted by Gasteiger charge is -2.26. The van der Waals surface area contributed by atoms with E-state index in [1.807, 2.05) is 29.4 Å². The quantitative estimate of drug-likeness (QED) is 0.459. The molecule has 3 heterocycles. The summed E-state index contributed by atoms with van der Waals surface area (Å²) >= 11 is 1.95. The highest BCUT2D eigenvalue weighted by molar-refractivity contribution is 7.99. The van der Waals surface area contributed by atoms with Gasteiger partial charge in [-0.2, -0.15) is 11.8 Å². The monoisotopic (exact) mass is 511 g/mol. The molecule has 2 amide bonds. The minimum absolute atomic E-state index is 0.218. The first kappa shape index (κ1) is 25.7. The van der Waals surface area contributed by atoms with Gasteiger partial charge in [0.05, 0.1) is 12.8 Å². The van der Waals surface area contributed by atoms with E-state index < -0.39 is 5.97 Å². The molecule has 0 saturated heterocycles. The molecule has 9 nitrogen and oxygen atoms in total. The summed E-state index contributed by atoms with van der Waals surface area (Å²) in [5, 5.41) is 6.46. The second-order valence-corrected chi connectivity index (χ2v) is 10.4.